The van der Waals surface area contributed by atoms with E-state index in [9.17, 15) is 4.79 Å². The Morgan fingerprint density at radius 2 is 1.65 bits per heavy atom. The highest BCUT2D eigenvalue weighted by molar-refractivity contribution is 9.10. The van der Waals surface area contributed by atoms with Gasteiger partial charge in [0.2, 0.25) is 0 Å². The number of carbonyl (C=O) groups is 1. The van der Waals surface area contributed by atoms with Crippen molar-refractivity contribution in [2.45, 2.75) is 20.3 Å². The van der Waals surface area contributed by atoms with Gasteiger partial charge in [-0.25, -0.2) is 0 Å². The molecule has 3 aromatic carbocycles. The van der Waals surface area contributed by atoms with E-state index in [0.717, 1.165) is 20.8 Å². The first-order valence-electron chi connectivity index (χ1n) is 7.47. The molecule has 3 heteroatoms. The van der Waals surface area contributed by atoms with Gasteiger partial charge in [0, 0.05) is 4.47 Å². The number of carbonyl (C=O) groups excluding carboxylic acids is 1. The van der Waals surface area contributed by atoms with Gasteiger partial charge >= 0.3 is 5.97 Å². The fourth-order valence-corrected chi connectivity index (χ4v) is 2.88. The Morgan fingerprint density at radius 3 is 2.43 bits per heavy atom. The molecule has 0 fully saturated rings. The largest absolute Gasteiger partial charge is 0.426 e. The van der Waals surface area contributed by atoms with Crippen molar-refractivity contribution in [3.05, 3.63) is 75.8 Å². The molecule has 0 N–H and O–H groups in total. The minimum absolute atomic E-state index is 0.246. The first-order chi connectivity index (χ1) is 11.0. The molecule has 3 aromatic rings. The lowest BCUT2D eigenvalue weighted by Crippen LogP contribution is -2.11. The van der Waals surface area contributed by atoms with Crippen LogP contribution < -0.4 is 4.74 Å². The van der Waals surface area contributed by atoms with Crippen LogP contribution in [-0.2, 0) is 11.2 Å². The fourth-order valence-electron chi connectivity index (χ4n) is 2.51. The number of hydrogen-bond donors (Lipinski definition) is 0. The van der Waals surface area contributed by atoms with Crippen molar-refractivity contribution >= 4 is 32.7 Å². The molecule has 0 atom stereocenters. The first kappa shape index (κ1) is 15.8. The molecular formula is C20H17BrO2. The maximum absolute atomic E-state index is 12.1. The third-order valence-electron chi connectivity index (χ3n) is 3.93. The molecule has 0 aliphatic rings. The number of fused-ring (bicyclic) bond motifs is 1. The van der Waals surface area contributed by atoms with Crippen molar-refractivity contribution in [2.24, 2.45) is 0 Å². The highest BCUT2D eigenvalue weighted by Crippen LogP contribution is 2.24. The zero-order chi connectivity index (χ0) is 16.4. The minimum Gasteiger partial charge on any atom is -0.426 e. The van der Waals surface area contributed by atoms with E-state index < -0.39 is 0 Å². The van der Waals surface area contributed by atoms with E-state index in [1.54, 1.807) is 0 Å². The summed E-state index contributed by atoms with van der Waals surface area (Å²) in [7, 11) is 0. The van der Waals surface area contributed by atoms with Crippen LogP contribution in [0.4, 0.5) is 0 Å². The van der Waals surface area contributed by atoms with E-state index >= 15 is 0 Å². The predicted molar refractivity (Wildman–Crippen MR) is 96.9 cm³/mol. The summed E-state index contributed by atoms with van der Waals surface area (Å²) in [6, 6.07) is 17.7. The first-order valence-corrected chi connectivity index (χ1v) is 8.27. The van der Waals surface area contributed by atoms with Crippen molar-refractivity contribution in [3.8, 4) is 5.75 Å². The maximum Gasteiger partial charge on any atom is 0.315 e. The number of aryl methyl sites for hydroxylation is 2. The Balaban J connectivity index is 1.74. The van der Waals surface area contributed by atoms with Crippen LogP contribution >= 0.6 is 15.9 Å². The van der Waals surface area contributed by atoms with Gasteiger partial charge in [-0.05, 0) is 65.6 Å². The number of halogens is 1. The van der Waals surface area contributed by atoms with Gasteiger partial charge in [0.25, 0.3) is 0 Å². The summed E-state index contributed by atoms with van der Waals surface area (Å²) in [6.45, 7) is 4.11. The Labute approximate surface area is 144 Å². The smallest absolute Gasteiger partial charge is 0.315 e. The second kappa shape index (κ2) is 6.55. The van der Waals surface area contributed by atoms with Gasteiger partial charge in [0.15, 0.2) is 0 Å². The van der Waals surface area contributed by atoms with Gasteiger partial charge in [-0.2, -0.15) is 0 Å². The lowest BCUT2D eigenvalue weighted by molar-refractivity contribution is -0.133. The molecule has 23 heavy (non-hydrogen) atoms. The molecule has 0 saturated carbocycles. The number of rotatable bonds is 3. The van der Waals surface area contributed by atoms with E-state index in [4.69, 9.17) is 4.74 Å². The van der Waals surface area contributed by atoms with Gasteiger partial charge in [0.05, 0.1) is 6.42 Å². The van der Waals surface area contributed by atoms with E-state index in [0.29, 0.717) is 5.75 Å². The topological polar surface area (TPSA) is 26.3 Å². The Kier molecular flexibility index (Phi) is 4.49. The normalized spacial score (nSPS) is 10.7. The lowest BCUT2D eigenvalue weighted by atomic mass is 10.0. The van der Waals surface area contributed by atoms with Gasteiger partial charge < -0.3 is 4.74 Å². The molecule has 2 nitrogen and oxygen atoms in total. The molecule has 0 unspecified atom stereocenters. The average molecular weight is 369 g/mol. The molecule has 0 bridgehead atoms. The zero-order valence-corrected chi connectivity index (χ0v) is 14.7. The number of hydrogen-bond acceptors (Lipinski definition) is 2. The summed E-state index contributed by atoms with van der Waals surface area (Å²) in [5.74, 6) is 0.332. The molecule has 0 saturated heterocycles. The van der Waals surface area contributed by atoms with Crippen molar-refractivity contribution < 1.29 is 9.53 Å². The second-order valence-electron chi connectivity index (χ2n) is 5.72. The van der Waals surface area contributed by atoms with Crippen LogP contribution in [0, 0.1) is 13.8 Å². The molecule has 0 heterocycles. The highest BCUT2D eigenvalue weighted by Gasteiger charge is 2.08. The van der Waals surface area contributed by atoms with Crippen molar-refractivity contribution in [3.63, 3.8) is 0 Å². The summed E-state index contributed by atoms with van der Waals surface area (Å²) in [6.07, 6.45) is 0.277. The minimum atomic E-state index is -0.246. The molecule has 116 valence electrons. The van der Waals surface area contributed by atoms with Gasteiger partial charge in [0.1, 0.15) is 5.75 Å². The summed E-state index contributed by atoms with van der Waals surface area (Å²) in [5.41, 5.74) is 3.39. The van der Waals surface area contributed by atoms with Gasteiger partial charge in [-0.1, -0.05) is 46.3 Å². The molecule has 0 aliphatic carbocycles. The molecule has 0 spiro atoms. The number of benzene rings is 3. The predicted octanol–water partition coefficient (Wildman–Crippen LogP) is 5.37. The van der Waals surface area contributed by atoms with Gasteiger partial charge in [-0.15, -0.1) is 0 Å². The molecule has 0 aliphatic heterocycles. The Bertz CT molecular complexity index is 884. The highest BCUT2D eigenvalue weighted by atomic mass is 79.9. The van der Waals surface area contributed by atoms with Crippen LogP contribution in [0.3, 0.4) is 0 Å². The van der Waals surface area contributed by atoms with Crippen LogP contribution in [-0.4, -0.2) is 5.97 Å². The zero-order valence-electron chi connectivity index (χ0n) is 13.1. The van der Waals surface area contributed by atoms with E-state index in [-0.39, 0.29) is 12.4 Å². The van der Waals surface area contributed by atoms with Crippen molar-refractivity contribution in [2.75, 3.05) is 0 Å². The van der Waals surface area contributed by atoms with Crippen LogP contribution in [0.2, 0.25) is 0 Å². The summed E-state index contributed by atoms with van der Waals surface area (Å²) < 4.78 is 6.51. The van der Waals surface area contributed by atoms with Gasteiger partial charge in [-0.3, -0.25) is 4.79 Å². The lowest BCUT2D eigenvalue weighted by Gasteiger charge is -2.07. The van der Waals surface area contributed by atoms with Crippen molar-refractivity contribution in [1.29, 1.82) is 0 Å². The standard InChI is InChI=1S/C20H17BrO2/c1-13-3-4-15(9-14(13)2)10-20(22)23-19-8-6-16-11-18(21)7-5-17(16)12-19/h3-9,11-12H,10H2,1-2H3. The summed E-state index contributed by atoms with van der Waals surface area (Å²) in [5, 5.41) is 2.15. The number of esters is 1. The monoisotopic (exact) mass is 368 g/mol. The van der Waals surface area contributed by atoms with E-state index in [1.165, 1.54) is 11.1 Å². The number of ether oxygens (including phenoxy) is 1. The van der Waals surface area contributed by atoms with Crippen LogP contribution in [0.25, 0.3) is 10.8 Å². The molecule has 3 rings (SSSR count). The fraction of sp³-hybridized carbons (Fsp3) is 0.150. The van der Waals surface area contributed by atoms with Crippen LogP contribution in [0.15, 0.2) is 59.1 Å². The average Bonchev–Trinajstić information content (AvgIpc) is 2.51. The summed E-state index contributed by atoms with van der Waals surface area (Å²) in [4.78, 5) is 12.1. The molecule has 0 aromatic heterocycles. The quantitative estimate of drug-likeness (QED) is 0.459. The molecule has 0 radical (unpaired) electrons. The summed E-state index contributed by atoms with van der Waals surface area (Å²) >= 11 is 3.45. The Hall–Kier alpha value is -2.13. The molecular weight excluding hydrogens is 352 g/mol. The second-order valence-corrected chi connectivity index (χ2v) is 6.64. The van der Waals surface area contributed by atoms with E-state index in [2.05, 4.69) is 22.9 Å². The Morgan fingerprint density at radius 1 is 0.913 bits per heavy atom. The third kappa shape index (κ3) is 3.80. The molecule has 0 amide bonds. The van der Waals surface area contributed by atoms with E-state index in [1.807, 2.05) is 61.5 Å². The van der Waals surface area contributed by atoms with Crippen LogP contribution in [0.5, 0.6) is 5.75 Å². The van der Waals surface area contributed by atoms with Crippen LogP contribution in [0.1, 0.15) is 16.7 Å². The maximum atomic E-state index is 12.1. The third-order valence-corrected chi connectivity index (χ3v) is 4.42. The SMILES string of the molecule is Cc1ccc(CC(=O)Oc2ccc3cc(Br)ccc3c2)cc1C. The van der Waals surface area contributed by atoms with Crippen molar-refractivity contribution in [1.82, 2.24) is 0 Å².